The zero-order chi connectivity index (χ0) is 25.6. The van der Waals surface area contributed by atoms with Gasteiger partial charge in [0.25, 0.3) is 0 Å². The van der Waals surface area contributed by atoms with Crippen molar-refractivity contribution in [2.24, 2.45) is 17.8 Å². The van der Waals surface area contributed by atoms with Gasteiger partial charge < -0.3 is 10.0 Å². The molecule has 0 spiro atoms. The fourth-order valence-corrected chi connectivity index (χ4v) is 7.90. The van der Waals surface area contributed by atoms with Crippen molar-refractivity contribution in [2.75, 3.05) is 26.2 Å². The number of sulfonamides is 1. The molecule has 1 aromatic carbocycles. The number of rotatable bonds is 4. The van der Waals surface area contributed by atoms with Crippen LogP contribution in [0.1, 0.15) is 67.6 Å². The van der Waals surface area contributed by atoms with Gasteiger partial charge in [0.05, 0.1) is 16.0 Å². The molecule has 0 radical (unpaired) electrons. The number of aryl methyl sites for hydroxylation is 1. The van der Waals surface area contributed by atoms with E-state index in [1.165, 1.54) is 16.4 Å². The Balaban J connectivity index is 1.36. The third-order valence-corrected chi connectivity index (χ3v) is 9.96. The standard InChI is InChI=1S/C27H35N3O5S/c1-17-13-18(2)16-29(15-17)26(31)19-9-11-30(12-10-19)36(34,35)20-7-8-24-22(14-20)25(27(32)33)21-5-3-4-6-23(21)28-24/h7-8,14,17-19H,3-6,9-13,15-16H2,1-2H3,(H,32,33)/t17-,18+. The number of piperidine rings is 2. The number of likely N-dealkylation sites (tertiary alicyclic amines) is 1. The highest BCUT2D eigenvalue weighted by Crippen LogP contribution is 2.33. The lowest BCUT2D eigenvalue weighted by molar-refractivity contribution is -0.139. The second kappa shape index (κ2) is 9.74. The molecule has 8 nitrogen and oxygen atoms in total. The second-order valence-corrected chi connectivity index (χ2v) is 12.9. The molecule has 5 rings (SSSR count). The van der Waals surface area contributed by atoms with Crippen LogP contribution in [0.2, 0.25) is 0 Å². The van der Waals surface area contributed by atoms with Gasteiger partial charge in [0.15, 0.2) is 0 Å². The third kappa shape index (κ3) is 4.63. The van der Waals surface area contributed by atoms with E-state index in [0.29, 0.717) is 42.0 Å². The molecule has 1 amide bonds. The molecule has 0 unspecified atom stereocenters. The van der Waals surface area contributed by atoms with Crippen molar-refractivity contribution in [3.63, 3.8) is 0 Å². The molecule has 3 aliphatic rings. The zero-order valence-corrected chi connectivity index (χ0v) is 21.9. The van der Waals surface area contributed by atoms with Crippen LogP contribution in [0.15, 0.2) is 23.1 Å². The summed E-state index contributed by atoms with van der Waals surface area (Å²) in [7, 11) is -3.82. The highest BCUT2D eigenvalue weighted by atomic mass is 32.2. The first kappa shape index (κ1) is 25.1. The average Bonchev–Trinajstić information content (AvgIpc) is 2.85. The molecule has 3 heterocycles. The van der Waals surface area contributed by atoms with Gasteiger partial charge in [-0.2, -0.15) is 4.31 Å². The fourth-order valence-electron chi connectivity index (χ4n) is 6.40. The number of carboxylic acids is 1. The number of carbonyl (C=O) groups excluding carboxylic acids is 1. The maximum Gasteiger partial charge on any atom is 0.336 e. The average molecular weight is 514 g/mol. The molecule has 2 saturated heterocycles. The predicted octanol–water partition coefficient (Wildman–Crippen LogP) is 3.72. The van der Waals surface area contributed by atoms with Crippen LogP contribution in [-0.4, -0.2) is 65.8 Å². The Hall–Kier alpha value is -2.52. The minimum atomic E-state index is -3.82. The quantitative estimate of drug-likeness (QED) is 0.668. The maximum absolute atomic E-state index is 13.5. The van der Waals surface area contributed by atoms with Crippen LogP contribution in [-0.2, 0) is 27.7 Å². The highest BCUT2D eigenvalue weighted by molar-refractivity contribution is 7.89. The summed E-state index contributed by atoms with van der Waals surface area (Å²) in [6, 6.07) is 4.63. The van der Waals surface area contributed by atoms with Crippen molar-refractivity contribution in [3.8, 4) is 0 Å². The number of pyridine rings is 1. The predicted molar refractivity (Wildman–Crippen MR) is 136 cm³/mol. The molecule has 1 aromatic heterocycles. The van der Waals surface area contributed by atoms with E-state index in [9.17, 15) is 23.1 Å². The molecule has 1 N–H and O–H groups in total. The molecular formula is C27H35N3O5S. The van der Waals surface area contributed by atoms with Gasteiger partial charge >= 0.3 is 5.97 Å². The third-order valence-electron chi connectivity index (χ3n) is 8.07. The van der Waals surface area contributed by atoms with Crippen molar-refractivity contribution in [1.82, 2.24) is 14.2 Å². The first-order valence-corrected chi connectivity index (χ1v) is 14.6. The number of hydrogen-bond donors (Lipinski definition) is 1. The molecule has 9 heteroatoms. The summed E-state index contributed by atoms with van der Waals surface area (Å²) in [6.45, 7) is 6.48. The SMILES string of the molecule is C[C@@H]1C[C@H](C)CN(C(=O)C2CCN(S(=O)(=O)c3ccc4nc5c(c(C(=O)O)c4c3)CCCC5)CC2)C1. The van der Waals surface area contributed by atoms with E-state index in [1.807, 2.05) is 4.90 Å². The van der Waals surface area contributed by atoms with Crippen molar-refractivity contribution < 1.29 is 23.1 Å². The number of amides is 1. The molecule has 0 bridgehead atoms. The number of benzene rings is 1. The minimum Gasteiger partial charge on any atom is -0.478 e. The Kier molecular flexibility index (Phi) is 6.80. The number of nitrogens with zero attached hydrogens (tertiary/aromatic N) is 3. The molecule has 2 atom stereocenters. The van der Waals surface area contributed by atoms with E-state index >= 15 is 0 Å². The van der Waals surface area contributed by atoms with Crippen LogP contribution in [0.25, 0.3) is 10.9 Å². The van der Waals surface area contributed by atoms with Crippen molar-refractivity contribution in [2.45, 2.75) is 63.7 Å². The molecule has 36 heavy (non-hydrogen) atoms. The van der Waals surface area contributed by atoms with Crippen molar-refractivity contribution >= 4 is 32.8 Å². The lowest BCUT2D eigenvalue weighted by Gasteiger charge is -2.39. The monoisotopic (exact) mass is 513 g/mol. The molecular weight excluding hydrogens is 478 g/mol. The highest BCUT2D eigenvalue weighted by Gasteiger charge is 2.36. The Bertz CT molecular complexity index is 1290. The Labute approximate surface area is 212 Å². The normalized spacial score (nSPS) is 24.0. The van der Waals surface area contributed by atoms with Gasteiger partial charge in [-0.05, 0) is 80.5 Å². The zero-order valence-electron chi connectivity index (χ0n) is 21.1. The molecule has 194 valence electrons. The number of hydrogen-bond acceptors (Lipinski definition) is 5. The van der Waals surface area contributed by atoms with Gasteiger partial charge in [0, 0.05) is 43.2 Å². The number of fused-ring (bicyclic) bond motifs is 2. The van der Waals surface area contributed by atoms with Crippen LogP contribution < -0.4 is 0 Å². The smallest absolute Gasteiger partial charge is 0.336 e. The second-order valence-electron chi connectivity index (χ2n) is 11.0. The van der Waals surface area contributed by atoms with E-state index in [2.05, 4.69) is 18.8 Å². The Morgan fingerprint density at radius 3 is 2.36 bits per heavy atom. The molecule has 0 saturated carbocycles. The van der Waals surface area contributed by atoms with Crippen molar-refractivity contribution in [1.29, 1.82) is 0 Å². The summed E-state index contributed by atoms with van der Waals surface area (Å²) in [5, 5.41) is 10.4. The van der Waals surface area contributed by atoms with E-state index in [1.54, 1.807) is 6.07 Å². The van der Waals surface area contributed by atoms with E-state index in [-0.39, 0.29) is 35.4 Å². The van der Waals surface area contributed by atoms with Crippen molar-refractivity contribution in [3.05, 3.63) is 35.0 Å². The van der Waals surface area contributed by atoms with Crippen LogP contribution >= 0.6 is 0 Å². The molecule has 1 aliphatic carbocycles. The van der Waals surface area contributed by atoms with Gasteiger partial charge in [0.2, 0.25) is 15.9 Å². The minimum absolute atomic E-state index is 0.0820. The topological polar surface area (TPSA) is 108 Å². The Morgan fingerprint density at radius 2 is 1.69 bits per heavy atom. The van der Waals surface area contributed by atoms with Gasteiger partial charge in [0.1, 0.15) is 0 Å². The van der Waals surface area contributed by atoms with Gasteiger partial charge in [-0.15, -0.1) is 0 Å². The lowest BCUT2D eigenvalue weighted by Crippen LogP contribution is -2.48. The van der Waals surface area contributed by atoms with Crippen LogP contribution in [0.4, 0.5) is 0 Å². The van der Waals surface area contributed by atoms with E-state index < -0.39 is 16.0 Å². The summed E-state index contributed by atoms with van der Waals surface area (Å²) in [5.74, 6) is -0.0718. The number of carboxylic acid groups (broad SMARTS) is 1. The molecule has 2 fully saturated rings. The summed E-state index contributed by atoms with van der Waals surface area (Å²) >= 11 is 0. The Morgan fingerprint density at radius 1 is 1.03 bits per heavy atom. The molecule has 2 aliphatic heterocycles. The maximum atomic E-state index is 13.5. The summed E-state index contributed by atoms with van der Waals surface area (Å²) in [6.07, 6.45) is 5.41. The number of aromatic nitrogens is 1. The first-order chi connectivity index (χ1) is 17.1. The molecule has 2 aromatic rings. The number of carbonyl (C=O) groups is 2. The van der Waals surface area contributed by atoms with Gasteiger partial charge in [-0.1, -0.05) is 13.8 Å². The number of aromatic carboxylic acids is 1. The van der Waals surface area contributed by atoms with E-state index in [4.69, 9.17) is 0 Å². The van der Waals surface area contributed by atoms with Crippen LogP contribution in [0.5, 0.6) is 0 Å². The van der Waals surface area contributed by atoms with Crippen LogP contribution in [0, 0.1) is 17.8 Å². The first-order valence-electron chi connectivity index (χ1n) is 13.1. The summed E-state index contributed by atoms with van der Waals surface area (Å²) < 4.78 is 28.5. The largest absolute Gasteiger partial charge is 0.478 e. The lowest BCUT2D eigenvalue weighted by atomic mass is 9.89. The van der Waals surface area contributed by atoms with Crippen LogP contribution in [0.3, 0.4) is 0 Å². The van der Waals surface area contributed by atoms with E-state index in [0.717, 1.165) is 50.0 Å². The summed E-state index contributed by atoms with van der Waals surface area (Å²) in [5.41, 5.74) is 2.24. The fraction of sp³-hybridized carbons (Fsp3) is 0.593. The summed E-state index contributed by atoms with van der Waals surface area (Å²) in [4.78, 5) is 32.0. The van der Waals surface area contributed by atoms with Gasteiger partial charge in [-0.25, -0.2) is 13.2 Å². The van der Waals surface area contributed by atoms with Gasteiger partial charge in [-0.3, -0.25) is 9.78 Å².